The summed E-state index contributed by atoms with van der Waals surface area (Å²) in [7, 11) is 0. The Morgan fingerprint density at radius 2 is 1.85 bits per heavy atom. The Bertz CT molecular complexity index is 248. The molecule has 3 heteroatoms. The van der Waals surface area contributed by atoms with Gasteiger partial charge in [-0.2, -0.15) is 0 Å². The van der Waals surface area contributed by atoms with Crippen LogP contribution in [-0.4, -0.2) is 5.12 Å². The minimum atomic E-state index is -0.133. The average Bonchev–Trinajstić information content (AvgIpc) is 2.05. The molecule has 0 aromatic heterocycles. The number of carbonyl (C=O) groups is 1. The van der Waals surface area contributed by atoms with Gasteiger partial charge in [-0.1, -0.05) is 30.3 Å². The predicted molar refractivity (Wildman–Crippen MR) is 51.8 cm³/mol. The van der Waals surface area contributed by atoms with E-state index < -0.39 is 0 Å². The molecule has 0 aliphatic carbocycles. The molecule has 0 saturated heterocycles. The van der Waals surface area contributed by atoms with Crippen LogP contribution in [0, 0.1) is 0 Å². The standard InChI is InChI=1S/C10H12OS.Os/c11-10(12)8-4-7-9-5-2-1-3-6-9;/h1-3,5-6H,4,7-8H2,(H,11,12);/q;+1/p-1. The summed E-state index contributed by atoms with van der Waals surface area (Å²) in [6.45, 7) is 0. The second-order valence-electron chi connectivity index (χ2n) is 2.71. The molecule has 1 rings (SSSR count). The molecule has 0 unspecified atom stereocenters. The zero-order valence-electron chi connectivity index (χ0n) is 7.18. The van der Waals surface area contributed by atoms with E-state index in [4.69, 9.17) is 0 Å². The third-order valence-corrected chi connectivity index (χ3v) is 1.89. The Morgan fingerprint density at radius 3 is 2.38 bits per heavy atom. The molecule has 1 nitrogen and oxygen atoms in total. The van der Waals surface area contributed by atoms with Crippen LogP contribution in [0.5, 0.6) is 0 Å². The maximum atomic E-state index is 10.4. The SMILES string of the molecule is O=C([S-])CCCc1ccccc1.[Os+]. The topological polar surface area (TPSA) is 17.1 Å². The maximum absolute atomic E-state index is 10.4. The Hall–Kier alpha value is -0.254. The van der Waals surface area contributed by atoms with Gasteiger partial charge in [0, 0.05) is 5.12 Å². The number of benzene rings is 1. The van der Waals surface area contributed by atoms with Gasteiger partial charge >= 0.3 is 19.8 Å². The van der Waals surface area contributed by atoms with Crippen molar-refractivity contribution in [2.75, 3.05) is 0 Å². The first kappa shape index (κ1) is 12.7. The molecule has 1 aromatic rings. The van der Waals surface area contributed by atoms with Crippen LogP contribution in [0.15, 0.2) is 30.3 Å². The summed E-state index contributed by atoms with van der Waals surface area (Å²) in [5.74, 6) is 0. The number of carbonyl (C=O) groups excluding carboxylic acids is 1. The van der Waals surface area contributed by atoms with Crippen molar-refractivity contribution in [2.45, 2.75) is 19.3 Å². The van der Waals surface area contributed by atoms with E-state index in [0.29, 0.717) is 6.42 Å². The summed E-state index contributed by atoms with van der Waals surface area (Å²) < 4.78 is 0. The zero-order valence-corrected chi connectivity index (χ0v) is 10.5. The summed E-state index contributed by atoms with van der Waals surface area (Å²) in [5.41, 5.74) is 1.27. The quantitative estimate of drug-likeness (QED) is 0.756. The number of rotatable bonds is 4. The molecule has 71 valence electrons. The summed E-state index contributed by atoms with van der Waals surface area (Å²) in [6.07, 6.45) is 2.33. The van der Waals surface area contributed by atoms with Crippen molar-refractivity contribution < 1.29 is 24.6 Å². The number of hydrogen-bond acceptors (Lipinski definition) is 2. The summed E-state index contributed by atoms with van der Waals surface area (Å²) in [5, 5.41) is -0.133. The van der Waals surface area contributed by atoms with E-state index >= 15 is 0 Å². The molecule has 0 bridgehead atoms. The van der Waals surface area contributed by atoms with Crippen molar-refractivity contribution in [3.05, 3.63) is 35.9 Å². The van der Waals surface area contributed by atoms with Crippen LogP contribution < -0.4 is 0 Å². The molecule has 0 atom stereocenters. The number of aryl methyl sites for hydroxylation is 1. The van der Waals surface area contributed by atoms with E-state index in [2.05, 4.69) is 24.8 Å². The van der Waals surface area contributed by atoms with E-state index in [-0.39, 0.29) is 24.9 Å². The second kappa shape index (κ2) is 7.18. The normalized spacial score (nSPS) is 8.92. The van der Waals surface area contributed by atoms with E-state index in [9.17, 15) is 4.79 Å². The van der Waals surface area contributed by atoms with Crippen molar-refractivity contribution in [1.29, 1.82) is 0 Å². The molecule has 0 aliphatic rings. The molecule has 0 N–H and O–H groups in total. The van der Waals surface area contributed by atoms with Crippen molar-refractivity contribution in [3.63, 3.8) is 0 Å². The minimum absolute atomic E-state index is 0. The van der Waals surface area contributed by atoms with Gasteiger partial charge in [0.1, 0.15) is 0 Å². The first-order valence-electron chi connectivity index (χ1n) is 4.03. The first-order chi connectivity index (χ1) is 5.79. The van der Waals surface area contributed by atoms with Crippen LogP contribution in [0.25, 0.3) is 0 Å². The van der Waals surface area contributed by atoms with Gasteiger partial charge in [0.15, 0.2) is 0 Å². The fourth-order valence-electron chi connectivity index (χ4n) is 1.08. The Kier molecular flexibility index (Phi) is 7.04. The monoisotopic (exact) mass is 371 g/mol. The maximum Gasteiger partial charge on any atom is 1.00 e. The van der Waals surface area contributed by atoms with Crippen molar-refractivity contribution in [3.8, 4) is 0 Å². The van der Waals surface area contributed by atoms with E-state index in [1.165, 1.54) is 5.56 Å². The van der Waals surface area contributed by atoms with Gasteiger partial charge in [-0.3, -0.25) is 0 Å². The zero-order chi connectivity index (χ0) is 8.81. The van der Waals surface area contributed by atoms with Crippen molar-refractivity contribution >= 4 is 17.7 Å². The Morgan fingerprint density at radius 1 is 1.23 bits per heavy atom. The predicted octanol–water partition coefficient (Wildman–Crippen LogP) is 2.08. The molecule has 1 radical (unpaired) electrons. The largest absolute Gasteiger partial charge is 1.00 e. The number of hydrogen-bond donors (Lipinski definition) is 0. The fraction of sp³-hybridized carbons (Fsp3) is 0.300. The molecule has 0 aliphatic heterocycles. The average molecular weight is 369 g/mol. The van der Waals surface area contributed by atoms with Crippen LogP contribution in [0.3, 0.4) is 0 Å². The van der Waals surface area contributed by atoms with Gasteiger partial charge in [0.05, 0.1) is 0 Å². The molecule has 1 aromatic carbocycles. The molecular formula is C10H11OOsS. The Labute approximate surface area is 97.4 Å². The third kappa shape index (κ3) is 5.90. The van der Waals surface area contributed by atoms with Crippen LogP contribution in [0.2, 0.25) is 0 Å². The molecule has 13 heavy (non-hydrogen) atoms. The third-order valence-electron chi connectivity index (χ3n) is 1.69. The van der Waals surface area contributed by atoms with Gasteiger partial charge in [0.2, 0.25) is 0 Å². The summed E-state index contributed by atoms with van der Waals surface area (Å²) in [6, 6.07) is 10.1. The summed E-state index contributed by atoms with van der Waals surface area (Å²) in [4.78, 5) is 10.4. The molecule has 0 heterocycles. The smallest absolute Gasteiger partial charge is 0.742 e. The van der Waals surface area contributed by atoms with E-state index in [1.54, 1.807) is 0 Å². The molecule has 0 fully saturated rings. The van der Waals surface area contributed by atoms with Crippen LogP contribution in [-0.2, 0) is 43.6 Å². The molecular weight excluding hydrogens is 358 g/mol. The minimum Gasteiger partial charge on any atom is -0.742 e. The van der Waals surface area contributed by atoms with Crippen LogP contribution in [0.4, 0.5) is 0 Å². The Balaban J connectivity index is 0.00000144. The first-order valence-corrected chi connectivity index (χ1v) is 4.43. The summed E-state index contributed by atoms with van der Waals surface area (Å²) >= 11 is 4.46. The fourth-order valence-corrected chi connectivity index (χ4v) is 1.23. The van der Waals surface area contributed by atoms with E-state index in [0.717, 1.165) is 12.8 Å². The van der Waals surface area contributed by atoms with Gasteiger partial charge in [-0.05, 0) is 24.8 Å². The van der Waals surface area contributed by atoms with Crippen LogP contribution in [0.1, 0.15) is 18.4 Å². The molecule has 0 spiro atoms. The van der Waals surface area contributed by atoms with Gasteiger partial charge in [0.25, 0.3) is 0 Å². The van der Waals surface area contributed by atoms with Gasteiger partial charge in [-0.25, -0.2) is 0 Å². The van der Waals surface area contributed by atoms with Gasteiger partial charge in [-0.15, -0.1) is 0 Å². The molecule has 0 saturated carbocycles. The molecule has 0 amide bonds. The second-order valence-corrected chi connectivity index (χ2v) is 3.17. The van der Waals surface area contributed by atoms with Crippen molar-refractivity contribution in [1.82, 2.24) is 0 Å². The van der Waals surface area contributed by atoms with Gasteiger partial charge < -0.3 is 17.4 Å². The van der Waals surface area contributed by atoms with E-state index in [1.807, 2.05) is 18.2 Å². The van der Waals surface area contributed by atoms with Crippen LogP contribution >= 0.6 is 0 Å². The van der Waals surface area contributed by atoms with Crippen molar-refractivity contribution in [2.24, 2.45) is 0 Å².